The molecule has 2 bridgehead atoms. The Hall–Kier alpha value is -1.49. The largest absolute Gasteiger partial charge is 0.462 e. The van der Waals surface area contributed by atoms with Crippen molar-refractivity contribution in [2.75, 3.05) is 19.8 Å². The fourth-order valence-electron chi connectivity index (χ4n) is 3.52. The highest BCUT2D eigenvalue weighted by Crippen LogP contribution is 2.50. The Morgan fingerprint density at radius 1 is 1.20 bits per heavy atom. The van der Waals surface area contributed by atoms with Crippen LogP contribution < -0.4 is 5.32 Å². The second-order valence-electron chi connectivity index (χ2n) is 6.46. The molecule has 3 heterocycles. The molecule has 3 rings (SSSR count). The Balaban J connectivity index is 1.41. The molecule has 6 atom stereocenters. The number of amides is 1. The van der Waals surface area contributed by atoms with Gasteiger partial charge in [0.1, 0.15) is 36.7 Å². The van der Waals surface area contributed by atoms with E-state index in [1.54, 1.807) is 6.92 Å². The molecule has 10 heteroatoms. The number of rotatable bonds is 7. The topological polar surface area (TPSA) is 117 Å². The molecule has 0 saturated carbocycles. The van der Waals surface area contributed by atoms with Crippen LogP contribution in [0.2, 0.25) is 0 Å². The third kappa shape index (κ3) is 3.31. The van der Waals surface area contributed by atoms with Crippen LogP contribution in [0.1, 0.15) is 13.8 Å². The van der Waals surface area contributed by atoms with Crippen molar-refractivity contribution in [3.8, 4) is 0 Å². The van der Waals surface area contributed by atoms with Gasteiger partial charge in [-0.2, -0.15) is 8.42 Å². The van der Waals surface area contributed by atoms with Crippen LogP contribution in [0, 0.1) is 5.92 Å². The molecule has 0 aliphatic carbocycles. The molecule has 6 unspecified atom stereocenters. The summed E-state index contributed by atoms with van der Waals surface area (Å²) in [5, 5.41) is 1.73. The number of ether oxygens (including phenoxy) is 3. The quantitative estimate of drug-likeness (QED) is 0.264. The summed E-state index contributed by atoms with van der Waals surface area (Å²) in [7, 11) is -3.62. The van der Waals surface area contributed by atoms with E-state index in [1.807, 2.05) is 0 Å². The molecule has 140 valence electrons. The first-order valence-electron chi connectivity index (χ1n) is 8.01. The van der Waals surface area contributed by atoms with Gasteiger partial charge in [-0.05, 0) is 6.92 Å². The minimum absolute atomic E-state index is 0.0209. The number of carbonyl (C=O) groups is 2. The molecule has 3 saturated heterocycles. The van der Waals surface area contributed by atoms with Crippen LogP contribution in [0.5, 0.6) is 0 Å². The van der Waals surface area contributed by atoms with E-state index in [4.69, 9.17) is 18.4 Å². The van der Waals surface area contributed by atoms with E-state index < -0.39 is 45.6 Å². The standard InChI is InChI=1S/C15H21NO8S/c1-7(2)15(18)16-6-9(17)21-4-5-22-11-10-8(3)14-13(23-10)12(11)24-25(14,19)20/h8,10-14H,1,4-6H2,2-3H3,(H,16,18). The van der Waals surface area contributed by atoms with E-state index in [2.05, 4.69) is 11.9 Å². The molecule has 1 N–H and O–H groups in total. The Kier molecular flexibility index (Phi) is 4.89. The van der Waals surface area contributed by atoms with Crippen molar-refractivity contribution in [3.05, 3.63) is 12.2 Å². The minimum atomic E-state index is -3.62. The maximum atomic E-state index is 12.0. The lowest BCUT2D eigenvalue weighted by Crippen LogP contribution is -2.45. The number of carbonyl (C=O) groups excluding carboxylic acids is 2. The van der Waals surface area contributed by atoms with Crippen molar-refractivity contribution >= 4 is 22.0 Å². The van der Waals surface area contributed by atoms with Gasteiger partial charge < -0.3 is 19.5 Å². The summed E-state index contributed by atoms with van der Waals surface area (Å²) in [5.74, 6) is -1.23. The fraction of sp³-hybridized carbons (Fsp3) is 0.733. The summed E-state index contributed by atoms with van der Waals surface area (Å²) < 4.78 is 45.4. The van der Waals surface area contributed by atoms with Crippen molar-refractivity contribution in [2.24, 2.45) is 5.92 Å². The second-order valence-corrected chi connectivity index (χ2v) is 8.18. The predicted octanol–water partition coefficient (Wildman–Crippen LogP) is -0.879. The van der Waals surface area contributed by atoms with Gasteiger partial charge in [0.05, 0.1) is 12.7 Å². The van der Waals surface area contributed by atoms with E-state index in [-0.39, 0.29) is 31.8 Å². The zero-order valence-corrected chi connectivity index (χ0v) is 14.8. The Morgan fingerprint density at radius 3 is 2.60 bits per heavy atom. The summed E-state index contributed by atoms with van der Waals surface area (Å²) >= 11 is 0. The molecule has 0 radical (unpaired) electrons. The third-order valence-electron chi connectivity index (χ3n) is 4.66. The van der Waals surface area contributed by atoms with Gasteiger partial charge in [0.15, 0.2) is 0 Å². The summed E-state index contributed by atoms with van der Waals surface area (Å²) in [5.41, 5.74) is 0.298. The predicted molar refractivity (Wildman–Crippen MR) is 83.9 cm³/mol. The van der Waals surface area contributed by atoms with Gasteiger partial charge in [-0.15, -0.1) is 0 Å². The SMILES string of the molecule is C=C(C)C(=O)NCC(=O)OCCOC1C2OC3C1OS(=O)(=O)C3C2C. The maximum absolute atomic E-state index is 12.0. The number of hydrogen-bond acceptors (Lipinski definition) is 8. The van der Waals surface area contributed by atoms with Gasteiger partial charge >= 0.3 is 5.97 Å². The highest BCUT2D eigenvalue weighted by molar-refractivity contribution is 7.87. The molecular weight excluding hydrogens is 354 g/mol. The molecule has 3 fully saturated rings. The van der Waals surface area contributed by atoms with Gasteiger partial charge in [-0.1, -0.05) is 13.5 Å². The lowest BCUT2D eigenvalue weighted by molar-refractivity contribution is -0.146. The Bertz CT molecular complexity index is 690. The molecule has 0 aromatic carbocycles. The maximum Gasteiger partial charge on any atom is 0.325 e. The van der Waals surface area contributed by atoms with Crippen LogP contribution in [0.25, 0.3) is 0 Å². The number of hydrogen-bond donors (Lipinski definition) is 1. The van der Waals surface area contributed by atoms with Gasteiger partial charge in [0.2, 0.25) is 5.91 Å². The van der Waals surface area contributed by atoms with E-state index in [1.165, 1.54) is 6.92 Å². The minimum Gasteiger partial charge on any atom is -0.462 e. The normalized spacial score (nSPS) is 37.0. The molecule has 9 nitrogen and oxygen atoms in total. The van der Waals surface area contributed by atoms with Gasteiger partial charge in [-0.25, -0.2) is 0 Å². The van der Waals surface area contributed by atoms with Crippen LogP contribution in [0.4, 0.5) is 0 Å². The van der Waals surface area contributed by atoms with Gasteiger partial charge in [0, 0.05) is 11.5 Å². The van der Waals surface area contributed by atoms with Crippen LogP contribution >= 0.6 is 0 Å². The third-order valence-corrected chi connectivity index (χ3v) is 6.52. The first-order valence-corrected chi connectivity index (χ1v) is 9.48. The van der Waals surface area contributed by atoms with E-state index in [0.717, 1.165) is 0 Å². The number of nitrogens with one attached hydrogen (secondary N) is 1. The van der Waals surface area contributed by atoms with Crippen LogP contribution in [0.3, 0.4) is 0 Å². The number of fused-ring (bicyclic) bond motifs is 1. The molecule has 3 aliphatic heterocycles. The molecule has 25 heavy (non-hydrogen) atoms. The first-order chi connectivity index (χ1) is 11.7. The average Bonchev–Trinajstić information content (AvgIpc) is 3.10. The van der Waals surface area contributed by atoms with Crippen molar-refractivity contribution in [1.82, 2.24) is 5.32 Å². The van der Waals surface area contributed by atoms with Crippen molar-refractivity contribution in [3.63, 3.8) is 0 Å². The van der Waals surface area contributed by atoms with Crippen LogP contribution in [0.15, 0.2) is 12.2 Å². The van der Waals surface area contributed by atoms with Crippen LogP contribution in [-0.2, 0) is 38.1 Å². The van der Waals surface area contributed by atoms with Gasteiger partial charge in [0.25, 0.3) is 10.1 Å². The molecule has 1 amide bonds. The summed E-state index contributed by atoms with van der Waals surface area (Å²) in [6, 6.07) is 0. The zero-order chi connectivity index (χ0) is 18.4. The van der Waals surface area contributed by atoms with Crippen molar-refractivity contribution in [1.29, 1.82) is 0 Å². The molecular formula is C15H21NO8S. The molecule has 0 aromatic heterocycles. The highest BCUT2D eigenvalue weighted by Gasteiger charge is 2.69. The molecule has 3 aliphatic rings. The summed E-state index contributed by atoms with van der Waals surface area (Å²) in [6.45, 7) is 6.59. The lowest BCUT2D eigenvalue weighted by Gasteiger charge is -2.26. The fourth-order valence-corrected chi connectivity index (χ4v) is 5.41. The molecule has 0 spiro atoms. The van der Waals surface area contributed by atoms with Crippen LogP contribution in [-0.4, -0.2) is 69.7 Å². The molecule has 0 aromatic rings. The van der Waals surface area contributed by atoms with E-state index >= 15 is 0 Å². The Morgan fingerprint density at radius 2 is 1.92 bits per heavy atom. The monoisotopic (exact) mass is 375 g/mol. The highest BCUT2D eigenvalue weighted by atomic mass is 32.2. The first kappa shape index (κ1) is 18.3. The zero-order valence-electron chi connectivity index (χ0n) is 14.0. The number of esters is 1. The lowest BCUT2D eigenvalue weighted by atomic mass is 9.86. The van der Waals surface area contributed by atoms with Gasteiger partial charge in [-0.3, -0.25) is 13.8 Å². The van der Waals surface area contributed by atoms with E-state index in [0.29, 0.717) is 5.57 Å². The van der Waals surface area contributed by atoms with Crippen molar-refractivity contribution < 1.29 is 36.4 Å². The summed E-state index contributed by atoms with van der Waals surface area (Å²) in [4.78, 5) is 22.8. The second kappa shape index (κ2) is 6.67. The summed E-state index contributed by atoms with van der Waals surface area (Å²) in [6.07, 6.45) is -1.98. The average molecular weight is 375 g/mol. The van der Waals surface area contributed by atoms with E-state index in [9.17, 15) is 18.0 Å². The smallest absolute Gasteiger partial charge is 0.325 e. The Labute approximate surface area is 145 Å². The van der Waals surface area contributed by atoms with Crippen molar-refractivity contribution in [2.45, 2.75) is 43.5 Å².